The molecule has 1 fully saturated rings. The molecule has 2 N–H and O–H groups in total. The molecule has 1 amide bonds. The van der Waals surface area contributed by atoms with Gasteiger partial charge in [-0.25, -0.2) is 4.98 Å². The van der Waals surface area contributed by atoms with E-state index in [4.69, 9.17) is 14.5 Å². The maximum absolute atomic E-state index is 12.2. The number of methoxy groups -OCH3 is 1. The van der Waals surface area contributed by atoms with Gasteiger partial charge in [0.25, 0.3) is 0 Å². The zero-order valence-electron chi connectivity index (χ0n) is 15.7. The molecular weight excluding hydrogens is 344 g/mol. The fourth-order valence-corrected chi connectivity index (χ4v) is 3.66. The summed E-state index contributed by atoms with van der Waals surface area (Å²) in [4.78, 5) is 22.5. The maximum Gasteiger partial charge on any atom is 0.234 e. The third-order valence-electron chi connectivity index (χ3n) is 5.19. The fraction of sp³-hybridized carbons (Fsp3) is 0.500. The molecule has 27 heavy (non-hydrogen) atoms. The van der Waals surface area contributed by atoms with Crippen LogP contribution in [0.5, 0.6) is 5.75 Å². The van der Waals surface area contributed by atoms with Crippen molar-refractivity contribution in [3.8, 4) is 17.1 Å². The molecule has 1 aromatic carbocycles. The Labute approximate surface area is 159 Å². The van der Waals surface area contributed by atoms with E-state index in [1.165, 1.54) is 0 Å². The number of benzene rings is 1. The zero-order valence-corrected chi connectivity index (χ0v) is 15.7. The highest BCUT2D eigenvalue weighted by Gasteiger charge is 2.23. The molecule has 0 radical (unpaired) electrons. The minimum atomic E-state index is 0.0591. The van der Waals surface area contributed by atoms with Gasteiger partial charge in [-0.15, -0.1) is 0 Å². The number of aromatic nitrogens is 2. The number of rotatable bonds is 6. The average molecular weight is 370 g/mol. The summed E-state index contributed by atoms with van der Waals surface area (Å²) in [5, 5.41) is 2.99. The summed E-state index contributed by atoms with van der Waals surface area (Å²) in [6.45, 7) is 3.39. The van der Waals surface area contributed by atoms with Crippen molar-refractivity contribution in [1.29, 1.82) is 0 Å². The Hall–Kier alpha value is -2.38. The van der Waals surface area contributed by atoms with Crippen LogP contribution in [-0.4, -0.2) is 60.2 Å². The van der Waals surface area contributed by atoms with E-state index in [0.29, 0.717) is 19.6 Å². The lowest BCUT2D eigenvalue weighted by Crippen LogP contribution is -2.42. The molecule has 0 bridgehead atoms. The fourth-order valence-electron chi connectivity index (χ4n) is 3.66. The predicted octanol–water partition coefficient (Wildman–Crippen LogP) is 1.74. The number of nitrogens with one attached hydrogen (secondary N) is 2. The summed E-state index contributed by atoms with van der Waals surface area (Å²) in [5.41, 5.74) is 3.22. The van der Waals surface area contributed by atoms with E-state index in [0.717, 1.165) is 60.9 Å². The Morgan fingerprint density at radius 1 is 1.41 bits per heavy atom. The van der Waals surface area contributed by atoms with Crippen LogP contribution in [0.2, 0.25) is 0 Å². The lowest BCUT2D eigenvalue weighted by molar-refractivity contribution is -0.123. The minimum Gasteiger partial charge on any atom is -0.497 e. The zero-order chi connectivity index (χ0) is 18.6. The Bertz CT molecular complexity index is 781. The first-order valence-electron chi connectivity index (χ1n) is 9.54. The summed E-state index contributed by atoms with van der Waals surface area (Å²) in [7, 11) is 1.66. The van der Waals surface area contributed by atoms with Crippen molar-refractivity contribution in [2.75, 3.05) is 33.4 Å². The second-order valence-corrected chi connectivity index (χ2v) is 7.14. The van der Waals surface area contributed by atoms with Crippen LogP contribution in [0.1, 0.15) is 24.2 Å². The van der Waals surface area contributed by atoms with Gasteiger partial charge >= 0.3 is 0 Å². The van der Waals surface area contributed by atoms with E-state index in [9.17, 15) is 4.79 Å². The number of imidazole rings is 1. The van der Waals surface area contributed by atoms with Gasteiger partial charge in [0.1, 0.15) is 11.6 Å². The molecule has 4 rings (SSSR count). The SMILES string of the molecule is COc1ccc(-c2nc3c([nH]2)CN(CC(=O)NCC2CCCO2)CC3)cc1. The summed E-state index contributed by atoms with van der Waals surface area (Å²) >= 11 is 0. The number of carbonyl (C=O) groups excluding carboxylic acids is 1. The van der Waals surface area contributed by atoms with Gasteiger partial charge in [0.2, 0.25) is 5.91 Å². The van der Waals surface area contributed by atoms with Crippen LogP contribution in [0.25, 0.3) is 11.4 Å². The second kappa shape index (κ2) is 8.10. The quantitative estimate of drug-likeness (QED) is 0.810. The number of hydrogen-bond acceptors (Lipinski definition) is 5. The van der Waals surface area contributed by atoms with Crippen molar-refractivity contribution in [2.24, 2.45) is 0 Å². The summed E-state index contributed by atoms with van der Waals surface area (Å²) in [5.74, 6) is 1.76. The lowest BCUT2D eigenvalue weighted by Gasteiger charge is -2.25. The largest absolute Gasteiger partial charge is 0.497 e. The normalized spacial score (nSPS) is 19.7. The van der Waals surface area contributed by atoms with Gasteiger partial charge in [-0.3, -0.25) is 9.69 Å². The van der Waals surface area contributed by atoms with Gasteiger partial charge in [-0.05, 0) is 37.1 Å². The number of carbonyl (C=O) groups is 1. The van der Waals surface area contributed by atoms with Crippen LogP contribution >= 0.6 is 0 Å². The molecule has 7 nitrogen and oxygen atoms in total. The summed E-state index contributed by atoms with van der Waals surface area (Å²) in [6, 6.07) is 7.86. The molecule has 1 saturated heterocycles. The third kappa shape index (κ3) is 4.31. The topological polar surface area (TPSA) is 79.5 Å². The van der Waals surface area contributed by atoms with Crippen LogP contribution in [-0.2, 0) is 22.5 Å². The maximum atomic E-state index is 12.2. The number of hydrogen-bond donors (Lipinski definition) is 2. The Morgan fingerprint density at radius 2 is 2.26 bits per heavy atom. The van der Waals surface area contributed by atoms with Crippen LogP contribution in [0, 0.1) is 0 Å². The van der Waals surface area contributed by atoms with Crippen LogP contribution in [0.4, 0.5) is 0 Å². The number of ether oxygens (including phenoxy) is 2. The highest BCUT2D eigenvalue weighted by molar-refractivity contribution is 5.78. The van der Waals surface area contributed by atoms with Crippen LogP contribution in [0.15, 0.2) is 24.3 Å². The van der Waals surface area contributed by atoms with Gasteiger partial charge in [0.15, 0.2) is 0 Å². The second-order valence-electron chi connectivity index (χ2n) is 7.14. The molecule has 0 spiro atoms. The molecule has 7 heteroatoms. The monoisotopic (exact) mass is 370 g/mol. The van der Waals surface area contributed by atoms with E-state index in [1.807, 2.05) is 24.3 Å². The number of amides is 1. The van der Waals surface area contributed by atoms with Crippen molar-refractivity contribution in [3.63, 3.8) is 0 Å². The van der Waals surface area contributed by atoms with Crippen molar-refractivity contribution in [3.05, 3.63) is 35.7 Å². The molecule has 1 aromatic heterocycles. The van der Waals surface area contributed by atoms with E-state index >= 15 is 0 Å². The van der Waals surface area contributed by atoms with E-state index < -0.39 is 0 Å². The van der Waals surface area contributed by atoms with E-state index in [-0.39, 0.29) is 12.0 Å². The molecule has 2 aliphatic heterocycles. The Kier molecular flexibility index (Phi) is 5.40. The summed E-state index contributed by atoms with van der Waals surface area (Å²) < 4.78 is 10.8. The first-order valence-corrected chi connectivity index (χ1v) is 9.54. The van der Waals surface area contributed by atoms with Gasteiger partial charge < -0.3 is 19.8 Å². The van der Waals surface area contributed by atoms with Gasteiger partial charge in [-0.1, -0.05) is 0 Å². The molecule has 1 unspecified atom stereocenters. The van der Waals surface area contributed by atoms with Crippen LogP contribution in [0.3, 0.4) is 0 Å². The van der Waals surface area contributed by atoms with E-state index in [2.05, 4.69) is 15.2 Å². The Balaban J connectivity index is 1.33. The van der Waals surface area contributed by atoms with Gasteiger partial charge in [0, 0.05) is 38.2 Å². The minimum absolute atomic E-state index is 0.0591. The number of fused-ring (bicyclic) bond motifs is 1. The molecule has 2 aliphatic rings. The van der Waals surface area contributed by atoms with Crippen molar-refractivity contribution >= 4 is 5.91 Å². The number of aromatic amines is 1. The van der Waals surface area contributed by atoms with Crippen LogP contribution < -0.4 is 10.1 Å². The molecule has 3 heterocycles. The highest BCUT2D eigenvalue weighted by atomic mass is 16.5. The molecule has 2 aromatic rings. The standard InChI is InChI=1S/C20H26N4O3/c1-26-15-6-4-14(5-7-15)20-22-17-8-9-24(12-18(17)23-20)13-19(25)21-11-16-3-2-10-27-16/h4-7,16H,2-3,8-13H2,1H3,(H,21,25)(H,22,23). The molecule has 1 atom stereocenters. The summed E-state index contributed by atoms with van der Waals surface area (Å²) in [6.07, 6.45) is 3.16. The van der Waals surface area contributed by atoms with E-state index in [1.54, 1.807) is 7.11 Å². The Morgan fingerprint density at radius 3 is 3.00 bits per heavy atom. The number of nitrogens with zero attached hydrogens (tertiary/aromatic N) is 2. The molecule has 0 aliphatic carbocycles. The van der Waals surface area contributed by atoms with Gasteiger partial charge in [-0.2, -0.15) is 0 Å². The van der Waals surface area contributed by atoms with Crippen molar-refractivity contribution < 1.29 is 14.3 Å². The first kappa shape index (κ1) is 18.0. The first-order chi connectivity index (χ1) is 13.2. The number of H-pyrrole nitrogens is 1. The van der Waals surface area contributed by atoms with Crippen molar-refractivity contribution in [1.82, 2.24) is 20.2 Å². The average Bonchev–Trinajstić information content (AvgIpc) is 3.36. The molecule has 144 valence electrons. The lowest BCUT2D eigenvalue weighted by atomic mass is 10.1. The van der Waals surface area contributed by atoms with Gasteiger partial charge in [0.05, 0.1) is 31.1 Å². The molecule has 0 saturated carbocycles. The third-order valence-corrected chi connectivity index (χ3v) is 5.19. The highest BCUT2D eigenvalue weighted by Crippen LogP contribution is 2.24. The molecular formula is C20H26N4O3. The smallest absolute Gasteiger partial charge is 0.234 e. The predicted molar refractivity (Wildman–Crippen MR) is 102 cm³/mol. The van der Waals surface area contributed by atoms with Crippen molar-refractivity contribution in [2.45, 2.75) is 31.9 Å².